The number of rotatable bonds is 4. The Hall–Kier alpha value is -2.47. The molecule has 1 aromatic carbocycles. The van der Waals surface area contributed by atoms with Crippen molar-refractivity contribution in [3.8, 4) is 22.8 Å². The van der Waals surface area contributed by atoms with Crippen molar-refractivity contribution in [1.82, 2.24) is 4.57 Å². The second-order valence-corrected chi connectivity index (χ2v) is 7.98. The van der Waals surface area contributed by atoms with Crippen molar-refractivity contribution in [2.24, 2.45) is 5.92 Å². The molecule has 7 heteroatoms. The summed E-state index contributed by atoms with van der Waals surface area (Å²) in [6.07, 6.45) is 1.36. The number of carbonyl (C=O) groups excluding carboxylic acids is 1. The first-order valence-electron chi connectivity index (χ1n) is 9.49. The number of halogens is 1. The van der Waals surface area contributed by atoms with Crippen molar-refractivity contribution < 1.29 is 19.4 Å². The van der Waals surface area contributed by atoms with Gasteiger partial charge in [-0.05, 0) is 37.8 Å². The highest BCUT2D eigenvalue weighted by atomic mass is 35.5. The standard InChI is InChI=1S/C21H22ClNO5/c1-4-27-21(26)14-7-13-18(23(20(14)25)11-5-6-11)12-8-15(22)16(24)9-17(12)28-19(13)10(2)3/h7-11,19,24H,4-6H2,1-3H3. The lowest BCUT2D eigenvalue weighted by atomic mass is 9.90. The summed E-state index contributed by atoms with van der Waals surface area (Å²) in [6.45, 7) is 5.92. The lowest BCUT2D eigenvalue weighted by Gasteiger charge is -2.33. The van der Waals surface area contributed by atoms with Gasteiger partial charge in [-0.25, -0.2) is 4.79 Å². The number of aromatic nitrogens is 1. The van der Waals surface area contributed by atoms with E-state index in [-0.39, 0.29) is 46.6 Å². The van der Waals surface area contributed by atoms with Gasteiger partial charge in [0.1, 0.15) is 23.2 Å². The molecule has 4 rings (SSSR count). The van der Waals surface area contributed by atoms with Crippen molar-refractivity contribution in [1.29, 1.82) is 0 Å². The molecular weight excluding hydrogens is 382 g/mol. The summed E-state index contributed by atoms with van der Waals surface area (Å²) in [4.78, 5) is 25.7. The van der Waals surface area contributed by atoms with Crippen molar-refractivity contribution >= 4 is 17.6 Å². The van der Waals surface area contributed by atoms with Crippen LogP contribution >= 0.6 is 11.6 Å². The lowest BCUT2D eigenvalue weighted by molar-refractivity contribution is 0.0522. The number of hydrogen-bond acceptors (Lipinski definition) is 5. The van der Waals surface area contributed by atoms with Crippen LogP contribution in [0, 0.1) is 5.92 Å². The van der Waals surface area contributed by atoms with Crippen LogP contribution in [-0.2, 0) is 4.74 Å². The Balaban J connectivity index is 2.05. The molecule has 1 aliphatic heterocycles. The molecule has 1 unspecified atom stereocenters. The van der Waals surface area contributed by atoms with Crippen LogP contribution in [0.15, 0.2) is 23.0 Å². The second kappa shape index (κ2) is 6.85. The molecule has 2 aliphatic rings. The van der Waals surface area contributed by atoms with E-state index in [1.165, 1.54) is 6.07 Å². The predicted octanol–water partition coefficient (Wildman–Crippen LogP) is 4.48. The maximum Gasteiger partial charge on any atom is 0.343 e. The maximum absolute atomic E-state index is 13.2. The van der Waals surface area contributed by atoms with Gasteiger partial charge in [-0.2, -0.15) is 0 Å². The van der Waals surface area contributed by atoms with Gasteiger partial charge in [0, 0.05) is 23.2 Å². The Bertz CT molecular complexity index is 1020. The van der Waals surface area contributed by atoms with Crippen LogP contribution in [0.25, 0.3) is 11.3 Å². The van der Waals surface area contributed by atoms with Crippen LogP contribution in [-0.4, -0.2) is 22.2 Å². The molecule has 0 amide bonds. The summed E-state index contributed by atoms with van der Waals surface area (Å²) in [5.74, 6) is -0.146. The fraction of sp³-hybridized carbons (Fsp3) is 0.429. The first-order valence-corrected chi connectivity index (χ1v) is 9.87. The van der Waals surface area contributed by atoms with E-state index >= 15 is 0 Å². The minimum absolute atomic E-state index is 0.0232. The highest BCUT2D eigenvalue weighted by Gasteiger charge is 2.38. The normalized spacial score (nSPS) is 17.7. The largest absolute Gasteiger partial charge is 0.506 e. The molecule has 0 spiro atoms. The second-order valence-electron chi connectivity index (χ2n) is 7.57. The van der Waals surface area contributed by atoms with Crippen LogP contribution < -0.4 is 10.3 Å². The predicted molar refractivity (Wildman–Crippen MR) is 105 cm³/mol. The number of ether oxygens (including phenoxy) is 2. The summed E-state index contributed by atoms with van der Waals surface area (Å²) >= 11 is 6.15. The number of carbonyl (C=O) groups is 1. The maximum atomic E-state index is 13.2. The highest BCUT2D eigenvalue weighted by Crippen LogP contribution is 2.50. The smallest absolute Gasteiger partial charge is 0.343 e. The van der Waals surface area contributed by atoms with E-state index in [0.29, 0.717) is 17.0 Å². The number of phenolic OH excluding ortho intramolecular Hbond substituents is 1. The number of phenols is 1. The van der Waals surface area contributed by atoms with E-state index in [9.17, 15) is 14.7 Å². The summed E-state index contributed by atoms with van der Waals surface area (Å²) in [5, 5.41) is 10.2. The number of aromatic hydroxyl groups is 1. The first-order chi connectivity index (χ1) is 13.3. The van der Waals surface area contributed by atoms with Crippen LogP contribution in [0.3, 0.4) is 0 Å². The number of pyridine rings is 1. The van der Waals surface area contributed by atoms with Crippen LogP contribution in [0.1, 0.15) is 61.7 Å². The zero-order valence-corrected chi connectivity index (χ0v) is 16.7. The molecular formula is C21H22ClNO5. The third-order valence-electron chi connectivity index (χ3n) is 5.14. The number of fused-ring (bicyclic) bond motifs is 3. The van der Waals surface area contributed by atoms with Crippen molar-refractivity contribution in [2.75, 3.05) is 6.61 Å². The molecule has 1 saturated carbocycles. The van der Waals surface area contributed by atoms with E-state index in [1.54, 1.807) is 23.6 Å². The third-order valence-corrected chi connectivity index (χ3v) is 5.44. The fourth-order valence-corrected chi connectivity index (χ4v) is 3.88. The van der Waals surface area contributed by atoms with E-state index in [1.807, 2.05) is 13.8 Å². The molecule has 148 valence electrons. The summed E-state index contributed by atoms with van der Waals surface area (Å²) in [5.41, 5.74) is 1.78. The Morgan fingerprint density at radius 2 is 2.07 bits per heavy atom. The van der Waals surface area contributed by atoms with Gasteiger partial charge in [0.2, 0.25) is 0 Å². The molecule has 0 bridgehead atoms. The van der Waals surface area contributed by atoms with Gasteiger partial charge < -0.3 is 19.1 Å². The zero-order valence-electron chi connectivity index (χ0n) is 16.0. The lowest BCUT2D eigenvalue weighted by Crippen LogP contribution is -2.32. The number of esters is 1. The molecule has 0 saturated heterocycles. The van der Waals surface area contributed by atoms with Crippen LogP contribution in [0.2, 0.25) is 5.02 Å². The SMILES string of the molecule is CCOC(=O)c1cc2c(n(C3CC3)c1=O)-c1cc(Cl)c(O)cc1OC2C(C)C. The monoisotopic (exact) mass is 403 g/mol. The van der Waals surface area contributed by atoms with E-state index in [4.69, 9.17) is 21.1 Å². The Morgan fingerprint density at radius 3 is 2.68 bits per heavy atom. The molecule has 2 heterocycles. The zero-order chi connectivity index (χ0) is 20.2. The molecule has 28 heavy (non-hydrogen) atoms. The molecule has 6 nitrogen and oxygen atoms in total. The van der Waals surface area contributed by atoms with Crippen LogP contribution in [0.4, 0.5) is 0 Å². The van der Waals surface area contributed by atoms with Crippen molar-refractivity contribution in [2.45, 2.75) is 45.8 Å². The van der Waals surface area contributed by atoms with Crippen molar-refractivity contribution in [3.63, 3.8) is 0 Å². The van der Waals surface area contributed by atoms with E-state index < -0.39 is 5.97 Å². The van der Waals surface area contributed by atoms with Gasteiger partial charge in [-0.3, -0.25) is 4.79 Å². The Labute approximate surface area is 167 Å². The van der Waals surface area contributed by atoms with Crippen LogP contribution in [0.5, 0.6) is 11.5 Å². The van der Waals surface area contributed by atoms with E-state index in [2.05, 4.69) is 0 Å². The van der Waals surface area contributed by atoms with Gasteiger partial charge in [0.25, 0.3) is 5.56 Å². The van der Waals surface area contributed by atoms with Gasteiger partial charge >= 0.3 is 5.97 Å². The average Bonchev–Trinajstić information content (AvgIpc) is 3.46. The molecule has 1 N–H and O–H groups in total. The van der Waals surface area contributed by atoms with E-state index in [0.717, 1.165) is 18.4 Å². The summed E-state index contributed by atoms with van der Waals surface area (Å²) in [7, 11) is 0. The number of benzene rings is 1. The summed E-state index contributed by atoms with van der Waals surface area (Å²) < 4.78 is 13.0. The molecule has 0 radical (unpaired) electrons. The van der Waals surface area contributed by atoms with Gasteiger partial charge in [0.15, 0.2) is 0 Å². The third kappa shape index (κ3) is 2.96. The molecule has 1 atom stereocenters. The molecule has 2 aromatic rings. The number of hydrogen-bond donors (Lipinski definition) is 1. The Morgan fingerprint density at radius 1 is 1.36 bits per heavy atom. The van der Waals surface area contributed by atoms with Gasteiger partial charge in [0.05, 0.1) is 17.3 Å². The Kier molecular flexibility index (Phi) is 4.62. The van der Waals surface area contributed by atoms with Crippen molar-refractivity contribution in [3.05, 3.63) is 44.7 Å². The summed E-state index contributed by atoms with van der Waals surface area (Å²) in [6, 6.07) is 4.73. The van der Waals surface area contributed by atoms with Gasteiger partial charge in [-0.15, -0.1) is 0 Å². The topological polar surface area (TPSA) is 77.8 Å². The van der Waals surface area contributed by atoms with Gasteiger partial charge in [-0.1, -0.05) is 25.4 Å². The molecule has 1 fully saturated rings. The quantitative estimate of drug-likeness (QED) is 0.762. The minimum Gasteiger partial charge on any atom is -0.506 e. The molecule has 1 aromatic heterocycles. The fourth-order valence-electron chi connectivity index (χ4n) is 3.72. The first kappa shape index (κ1) is 18.9. The minimum atomic E-state index is -0.623. The highest BCUT2D eigenvalue weighted by molar-refractivity contribution is 6.32. The molecule has 1 aliphatic carbocycles. The number of nitrogens with zero attached hydrogens (tertiary/aromatic N) is 1. The average molecular weight is 404 g/mol.